The number of allylic oxidation sites excluding steroid dienone is 1. The summed E-state index contributed by atoms with van der Waals surface area (Å²) in [6.07, 6.45) is 4.54. The first-order chi connectivity index (χ1) is 14.5. The second-order valence-electron chi connectivity index (χ2n) is 7.10. The molecule has 0 aliphatic heterocycles. The van der Waals surface area contributed by atoms with Crippen LogP contribution in [0.4, 0.5) is 0 Å². The molecule has 2 aromatic carbocycles. The summed E-state index contributed by atoms with van der Waals surface area (Å²) in [5, 5.41) is 3.02. The fourth-order valence-electron chi connectivity index (χ4n) is 3.70. The third kappa shape index (κ3) is 5.00. The van der Waals surface area contributed by atoms with Crippen LogP contribution >= 0.6 is 0 Å². The van der Waals surface area contributed by atoms with Crippen LogP contribution in [0.25, 0.3) is 0 Å². The van der Waals surface area contributed by atoms with Gasteiger partial charge in [0.05, 0.1) is 26.7 Å². The molecular formula is C24H27NO5. The van der Waals surface area contributed by atoms with Crippen molar-refractivity contribution < 1.29 is 23.8 Å². The lowest BCUT2D eigenvalue weighted by molar-refractivity contribution is -0.143. The molecule has 0 spiro atoms. The van der Waals surface area contributed by atoms with Crippen molar-refractivity contribution in [3.63, 3.8) is 0 Å². The molecule has 30 heavy (non-hydrogen) atoms. The average molecular weight is 409 g/mol. The SMILES string of the molecule is CCOc1ccc(C(=O)N[C@@H]2C=C[C@@H]([C@H](C(=O)OC)c3ccc(OC)cc3)C2)cc1. The van der Waals surface area contributed by atoms with Gasteiger partial charge in [0.2, 0.25) is 0 Å². The first kappa shape index (κ1) is 21.4. The first-order valence-corrected chi connectivity index (χ1v) is 9.99. The zero-order valence-electron chi connectivity index (χ0n) is 17.5. The third-order valence-corrected chi connectivity index (χ3v) is 5.22. The van der Waals surface area contributed by atoms with Gasteiger partial charge in [-0.2, -0.15) is 0 Å². The van der Waals surface area contributed by atoms with Gasteiger partial charge in [-0.25, -0.2) is 0 Å². The van der Waals surface area contributed by atoms with Gasteiger partial charge in [0.25, 0.3) is 5.91 Å². The number of methoxy groups -OCH3 is 2. The molecule has 0 radical (unpaired) electrons. The number of hydrogen-bond donors (Lipinski definition) is 1. The normalized spacial score (nSPS) is 18.5. The largest absolute Gasteiger partial charge is 0.497 e. The molecule has 2 aromatic rings. The van der Waals surface area contributed by atoms with Crippen LogP contribution in [0.2, 0.25) is 0 Å². The standard InChI is InChI=1S/C24H27NO5/c1-4-30-21-13-8-17(9-14-21)23(26)25-19-10-5-18(15-19)22(24(27)29-3)16-6-11-20(28-2)12-7-16/h5-14,18-19,22H,4,15H2,1-3H3,(H,25,26)/t18-,19-,22-/m1/s1. The van der Waals surface area contributed by atoms with E-state index in [-0.39, 0.29) is 23.8 Å². The van der Waals surface area contributed by atoms with Gasteiger partial charge in [0.15, 0.2) is 0 Å². The van der Waals surface area contributed by atoms with Crippen molar-refractivity contribution in [2.45, 2.75) is 25.3 Å². The Hall–Kier alpha value is -3.28. The summed E-state index contributed by atoms with van der Waals surface area (Å²) in [4.78, 5) is 25.1. The predicted octanol–water partition coefficient (Wildman–Crippen LogP) is 3.73. The zero-order chi connectivity index (χ0) is 21.5. The minimum Gasteiger partial charge on any atom is -0.497 e. The van der Waals surface area contributed by atoms with Crippen molar-refractivity contribution in [3.8, 4) is 11.5 Å². The number of carbonyl (C=O) groups is 2. The molecule has 0 unspecified atom stereocenters. The molecule has 6 nitrogen and oxygen atoms in total. The van der Waals surface area contributed by atoms with Gasteiger partial charge in [-0.05, 0) is 61.2 Å². The Morgan fingerprint density at radius 1 is 1.00 bits per heavy atom. The van der Waals surface area contributed by atoms with Crippen molar-refractivity contribution in [2.24, 2.45) is 5.92 Å². The number of esters is 1. The number of amides is 1. The van der Waals surface area contributed by atoms with E-state index in [9.17, 15) is 9.59 Å². The van der Waals surface area contributed by atoms with E-state index >= 15 is 0 Å². The predicted molar refractivity (Wildman–Crippen MR) is 114 cm³/mol. The van der Waals surface area contributed by atoms with Crippen LogP contribution in [0.3, 0.4) is 0 Å². The second kappa shape index (κ2) is 9.96. The van der Waals surface area contributed by atoms with Crippen molar-refractivity contribution in [2.75, 3.05) is 20.8 Å². The number of carbonyl (C=O) groups excluding carboxylic acids is 2. The lowest BCUT2D eigenvalue weighted by Gasteiger charge is -2.22. The fraction of sp³-hybridized carbons (Fsp3) is 0.333. The highest BCUT2D eigenvalue weighted by Gasteiger charge is 2.34. The van der Waals surface area contributed by atoms with E-state index < -0.39 is 5.92 Å². The number of rotatable bonds is 8. The molecule has 3 rings (SSSR count). The van der Waals surface area contributed by atoms with Crippen LogP contribution < -0.4 is 14.8 Å². The molecule has 1 aliphatic rings. The first-order valence-electron chi connectivity index (χ1n) is 9.99. The molecule has 0 fully saturated rings. The lowest BCUT2D eigenvalue weighted by Crippen LogP contribution is -2.33. The molecule has 1 N–H and O–H groups in total. The maximum atomic E-state index is 12.6. The molecule has 1 aliphatic carbocycles. The van der Waals surface area contributed by atoms with Gasteiger partial charge < -0.3 is 19.5 Å². The van der Waals surface area contributed by atoms with Crippen molar-refractivity contribution >= 4 is 11.9 Å². The summed E-state index contributed by atoms with van der Waals surface area (Å²) in [6, 6.07) is 14.3. The average Bonchev–Trinajstić information content (AvgIpc) is 3.22. The molecule has 1 amide bonds. The summed E-state index contributed by atoms with van der Waals surface area (Å²) in [7, 11) is 2.99. The van der Waals surface area contributed by atoms with Crippen LogP contribution in [0, 0.1) is 5.92 Å². The lowest BCUT2D eigenvalue weighted by atomic mass is 9.85. The molecule has 0 heterocycles. The molecule has 3 atom stereocenters. The van der Waals surface area contributed by atoms with E-state index in [1.165, 1.54) is 7.11 Å². The highest BCUT2D eigenvalue weighted by atomic mass is 16.5. The Bertz CT molecular complexity index is 889. The molecule has 0 saturated carbocycles. The monoisotopic (exact) mass is 409 g/mol. The maximum absolute atomic E-state index is 12.6. The second-order valence-corrected chi connectivity index (χ2v) is 7.10. The smallest absolute Gasteiger partial charge is 0.313 e. The molecule has 6 heteroatoms. The Labute approximate surface area is 176 Å². The van der Waals surface area contributed by atoms with Crippen LogP contribution in [-0.4, -0.2) is 38.7 Å². The fourth-order valence-corrected chi connectivity index (χ4v) is 3.70. The Balaban J connectivity index is 1.66. The van der Waals surface area contributed by atoms with Crippen molar-refractivity contribution in [1.29, 1.82) is 0 Å². The highest BCUT2D eigenvalue weighted by molar-refractivity contribution is 5.94. The van der Waals surface area contributed by atoms with E-state index in [1.807, 2.05) is 43.3 Å². The topological polar surface area (TPSA) is 73.9 Å². The van der Waals surface area contributed by atoms with Crippen molar-refractivity contribution in [3.05, 3.63) is 71.8 Å². The minimum atomic E-state index is -0.440. The molecule has 0 aromatic heterocycles. The van der Waals surface area contributed by atoms with Gasteiger partial charge in [-0.1, -0.05) is 24.3 Å². The number of ether oxygens (including phenoxy) is 3. The molecule has 158 valence electrons. The van der Waals surface area contributed by atoms with Gasteiger partial charge >= 0.3 is 5.97 Å². The summed E-state index contributed by atoms with van der Waals surface area (Å²) < 4.78 is 15.7. The van der Waals surface area contributed by atoms with Crippen molar-refractivity contribution in [1.82, 2.24) is 5.32 Å². The Kier molecular flexibility index (Phi) is 7.12. The number of hydrogen-bond acceptors (Lipinski definition) is 5. The summed E-state index contributed by atoms with van der Waals surface area (Å²) in [5.74, 6) is 0.488. The van der Waals surface area contributed by atoms with Crippen LogP contribution in [0.15, 0.2) is 60.7 Å². The van der Waals surface area contributed by atoms with E-state index in [0.717, 1.165) is 17.1 Å². The van der Waals surface area contributed by atoms with E-state index in [4.69, 9.17) is 14.2 Å². The molecular weight excluding hydrogens is 382 g/mol. The van der Waals surface area contributed by atoms with Crippen LogP contribution in [0.5, 0.6) is 11.5 Å². The van der Waals surface area contributed by atoms with Gasteiger partial charge in [0.1, 0.15) is 11.5 Å². The van der Waals surface area contributed by atoms with Crippen LogP contribution in [0.1, 0.15) is 35.2 Å². The van der Waals surface area contributed by atoms with E-state index in [0.29, 0.717) is 18.6 Å². The highest BCUT2D eigenvalue weighted by Crippen LogP contribution is 2.35. The maximum Gasteiger partial charge on any atom is 0.313 e. The zero-order valence-corrected chi connectivity index (χ0v) is 17.5. The van der Waals surface area contributed by atoms with E-state index in [2.05, 4.69) is 5.32 Å². The Morgan fingerprint density at radius 2 is 1.67 bits per heavy atom. The number of nitrogens with one attached hydrogen (secondary N) is 1. The van der Waals surface area contributed by atoms with Gasteiger partial charge in [0, 0.05) is 11.6 Å². The summed E-state index contributed by atoms with van der Waals surface area (Å²) in [6.45, 7) is 2.49. The van der Waals surface area contributed by atoms with E-state index in [1.54, 1.807) is 31.4 Å². The summed E-state index contributed by atoms with van der Waals surface area (Å²) >= 11 is 0. The molecule has 0 saturated heterocycles. The van der Waals surface area contributed by atoms with Gasteiger partial charge in [-0.3, -0.25) is 9.59 Å². The van der Waals surface area contributed by atoms with Gasteiger partial charge in [-0.15, -0.1) is 0 Å². The quantitative estimate of drug-likeness (QED) is 0.531. The molecule has 0 bridgehead atoms. The third-order valence-electron chi connectivity index (χ3n) is 5.22. The summed E-state index contributed by atoms with van der Waals surface area (Å²) in [5.41, 5.74) is 1.42. The van der Waals surface area contributed by atoms with Crippen LogP contribution in [-0.2, 0) is 9.53 Å². The minimum absolute atomic E-state index is 0.0727. The number of benzene rings is 2. The Morgan fingerprint density at radius 3 is 2.27 bits per heavy atom.